The van der Waals surface area contributed by atoms with Gasteiger partial charge < -0.3 is 9.88 Å². The number of carbonyl (C=O) groups is 1. The van der Waals surface area contributed by atoms with Crippen LogP contribution in [0.5, 0.6) is 0 Å². The Balaban J connectivity index is 1.90. The lowest BCUT2D eigenvalue weighted by Gasteiger charge is -2.17. The van der Waals surface area contributed by atoms with Crippen LogP contribution in [-0.4, -0.2) is 17.0 Å². The predicted molar refractivity (Wildman–Crippen MR) is 101 cm³/mol. The van der Waals surface area contributed by atoms with Gasteiger partial charge in [-0.15, -0.1) is 0 Å². The topological polar surface area (TPSA) is 51.1 Å². The van der Waals surface area contributed by atoms with Crippen LogP contribution in [0.15, 0.2) is 59.4 Å². The molecule has 26 heavy (non-hydrogen) atoms. The normalized spacial score (nSPS) is 11.1. The predicted octanol–water partition coefficient (Wildman–Crippen LogP) is 3.69. The number of hydrogen-bond donors (Lipinski definition) is 1. The van der Waals surface area contributed by atoms with E-state index in [0.717, 1.165) is 5.56 Å². The van der Waals surface area contributed by atoms with Gasteiger partial charge in [-0.25, -0.2) is 4.39 Å². The third-order valence-corrected chi connectivity index (χ3v) is 4.31. The number of halogens is 1. The summed E-state index contributed by atoms with van der Waals surface area (Å²) in [6.45, 7) is 4.12. The van der Waals surface area contributed by atoms with E-state index in [2.05, 4.69) is 5.32 Å². The summed E-state index contributed by atoms with van der Waals surface area (Å²) >= 11 is 0. The standard InChI is InChI=1S/C21H21FN2O2/c1-14(2)24-19(12-16-8-9-17(22)13-18(16)21(24)26)20(25)23-11-10-15-6-4-3-5-7-15/h3-9,12-14H,10-11H2,1-2H3,(H,23,25). The van der Waals surface area contributed by atoms with Crippen molar-refractivity contribution in [2.45, 2.75) is 26.3 Å². The summed E-state index contributed by atoms with van der Waals surface area (Å²) in [7, 11) is 0. The number of fused-ring (bicyclic) bond motifs is 1. The summed E-state index contributed by atoms with van der Waals surface area (Å²) in [5.41, 5.74) is 1.06. The van der Waals surface area contributed by atoms with Crippen LogP contribution < -0.4 is 10.9 Å². The summed E-state index contributed by atoms with van der Waals surface area (Å²) in [5.74, 6) is -0.775. The third kappa shape index (κ3) is 3.67. The molecule has 0 saturated heterocycles. The van der Waals surface area contributed by atoms with Crippen LogP contribution in [0.2, 0.25) is 0 Å². The molecule has 0 radical (unpaired) electrons. The summed E-state index contributed by atoms with van der Waals surface area (Å²) in [6, 6.07) is 15.3. The fourth-order valence-corrected chi connectivity index (χ4v) is 3.04. The van der Waals surface area contributed by atoms with Crippen molar-refractivity contribution in [2.75, 3.05) is 6.54 Å². The number of nitrogens with zero attached hydrogens (tertiary/aromatic N) is 1. The van der Waals surface area contributed by atoms with Gasteiger partial charge in [-0.1, -0.05) is 36.4 Å². The molecule has 0 aliphatic rings. The Kier molecular flexibility index (Phi) is 5.16. The summed E-state index contributed by atoms with van der Waals surface area (Å²) in [4.78, 5) is 25.4. The van der Waals surface area contributed by atoms with E-state index in [1.807, 2.05) is 44.2 Å². The number of hydrogen-bond acceptors (Lipinski definition) is 2. The Labute approximate surface area is 151 Å². The van der Waals surface area contributed by atoms with Crippen LogP contribution in [0, 0.1) is 5.82 Å². The van der Waals surface area contributed by atoms with Gasteiger partial charge in [0.15, 0.2) is 0 Å². The minimum Gasteiger partial charge on any atom is -0.350 e. The molecule has 5 heteroatoms. The maximum atomic E-state index is 13.5. The number of pyridine rings is 1. The van der Waals surface area contributed by atoms with Gasteiger partial charge in [0.2, 0.25) is 0 Å². The Morgan fingerprint density at radius 3 is 2.54 bits per heavy atom. The van der Waals surface area contributed by atoms with E-state index < -0.39 is 5.82 Å². The van der Waals surface area contributed by atoms with Gasteiger partial charge >= 0.3 is 0 Å². The average molecular weight is 352 g/mol. The molecule has 3 aromatic rings. The molecule has 0 saturated carbocycles. The van der Waals surface area contributed by atoms with Crippen molar-refractivity contribution in [3.8, 4) is 0 Å². The van der Waals surface area contributed by atoms with Crippen molar-refractivity contribution < 1.29 is 9.18 Å². The smallest absolute Gasteiger partial charge is 0.268 e. The molecule has 3 rings (SSSR count). The molecule has 2 aromatic carbocycles. The number of amides is 1. The van der Waals surface area contributed by atoms with Crippen molar-refractivity contribution >= 4 is 16.7 Å². The number of carbonyl (C=O) groups excluding carboxylic acids is 1. The molecule has 0 bridgehead atoms. The van der Waals surface area contributed by atoms with Gasteiger partial charge in [-0.3, -0.25) is 9.59 Å². The highest BCUT2D eigenvalue weighted by Crippen LogP contribution is 2.17. The monoisotopic (exact) mass is 352 g/mol. The van der Waals surface area contributed by atoms with E-state index in [-0.39, 0.29) is 28.6 Å². The average Bonchev–Trinajstić information content (AvgIpc) is 2.62. The van der Waals surface area contributed by atoms with Crippen LogP contribution in [0.3, 0.4) is 0 Å². The molecule has 1 amide bonds. The van der Waals surface area contributed by atoms with Gasteiger partial charge in [0, 0.05) is 12.6 Å². The molecule has 0 aliphatic heterocycles. The molecule has 134 valence electrons. The Bertz CT molecular complexity index is 994. The Hall–Kier alpha value is -2.95. The fraction of sp³-hybridized carbons (Fsp3) is 0.238. The number of rotatable bonds is 5. The van der Waals surface area contributed by atoms with Crippen molar-refractivity contribution in [1.29, 1.82) is 0 Å². The highest BCUT2D eigenvalue weighted by molar-refractivity contribution is 5.96. The zero-order chi connectivity index (χ0) is 18.7. The molecule has 0 atom stereocenters. The lowest BCUT2D eigenvalue weighted by atomic mass is 10.1. The lowest BCUT2D eigenvalue weighted by Crippen LogP contribution is -2.34. The van der Waals surface area contributed by atoms with Crippen LogP contribution >= 0.6 is 0 Å². The van der Waals surface area contributed by atoms with Crippen LogP contribution in [0.1, 0.15) is 35.9 Å². The van der Waals surface area contributed by atoms with E-state index >= 15 is 0 Å². The lowest BCUT2D eigenvalue weighted by molar-refractivity contribution is 0.0942. The van der Waals surface area contributed by atoms with Crippen LogP contribution in [0.4, 0.5) is 4.39 Å². The van der Waals surface area contributed by atoms with Gasteiger partial charge in [0.05, 0.1) is 5.39 Å². The Morgan fingerprint density at radius 1 is 1.12 bits per heavy atom. The summed E-state index contributed by atoms with van der Waals surface area (Å²) in [6.07, 6.45) is 0.706. The molecule has 4 nitrogen and oxygen atoms in total. The summed E-state index contributed by atoms with van der Waals surface area (Å²) < 4.78 is 14.9. The highest BCUT2D eigenvalue weighted by atomic mass is 19.1. The first kappa shape index (κ1) is 17.9. The maximum absolute atomic E-state index is 13.5. The third-order valence-electron chi connectivity index (χ3n) is 4.31. The first-order chi connectivity index (χ1) is 12.5. The molecule has 0 aliphatic carbocycles. The molecule has 1 aromatic heterocycles. The maximum Gasteiger partial charge on any atom is 0.268 e. The van der Waals surface area contributed by atoms with Gasteiger partial charge in [0.25, 0.3) is 11.5 Å². The Morgan fingerprint density at radius 2 is 1.85 bits per heavy atom. The van der Waals surface area contributed by atoms with Crippen molar-refractivity contribution in [3.05, 3.63) is 82.0 Å². The fourth-order valence-electron chi connectivity index (χ4n) is 3.04. The van der Waals surface area contributed by atoms with Crippen LogP contribution in [0.25, 0.3) is 10.8 Å². The second kappa shape index (κ2) is 7.52. The van der Waals surface area contributed by atoms with E-state index in [0.29, 0.717) is 18.4 Å². The van der Waals surface area contributed by atoms with Crippen molar-refractivity contribution in [2.24, 2.45) is 0 Å². The van der Waals surface area contributed by atoms with E-state index in [4.69, 9.17) is 0 Å². The SMILES string of the molecule is CC(C)n1c(C(=O)NCCc2ccccc2)cc2ccc(F)cc2c1=O. The van der Waals surface area contributed by atoms with Crippen molar-refractivity contribution in [1.82, 2.24) is 9.88 Å². The molecular formula is C21H21FN2O2. The molecule has 0 unspecified atom stereocenters. The van der Waals surface area contributed by atoms with Gasteiger partial charge in [-0.2, -0.15) is 0 Å². The minimum atomic E-state index is -0.468. The molecule has 0 spiro atoms. The zero-order valence-corrected chi connectivity index (χ0v) is 14.8. The van der Waals surface area contributed by atoms with Crippen LogP contribution in [-0.2, 0) is 6.42 Å². The number of benzene rings is 2. The van der Waals surface area contributed by atoms with E-state index in [1.54, 1.807) is 6.07 Å². The molecule has 0 fully saturated rings. The molecule has 1 heterocycles. The summed E-state index contributed by atoms with van der Waals surface area (Å²) in [5, 5.41) is 3.71. The zero-order valence-electron chi connectivity index (χ0n) is 14.8. The van der Waals surface area contributed by atoms with E-state index in [1.165, 1.54) is 22.8 Å². The van der Waals surface area contributed by atoms with E-state index in [9.17, 15) is 14.0 Å². The van der Waals surface area contributed by atoms with Crippen molar-refractivity contribution in [3.63, 3.8) is 0 Å². The first-order valence-corrected chi connectivity index (χ1v) is 8.64. The highest BCUT2D eigenvalue weighted by Gasteiger charge is 2.17. The molecule has 1 N–H and O–H groups in total. The minimum absolute atomic E-state index is 0.218. The second-order valence-corrected chi connectivity index (χ2v) is 6.52. The molecular weight excluding hydrogens is 331 g/mol. The quantitative estimate of drug-likeness (QED) is 0.761. The number of nitrogens with one attached hydrogen (secondary N) is 1. The first-order valence-electron chi connectivity index (χ1n) is 8.64. The van der Waals surface area contributed by atoms with Gasteiger partial charge in [-0.05, 0) is 49.4 Å². The largest absolute Gasteiger partial charge is 0.350 e. The number of aromatic nitrogens is 1. The second-order valence-electron chi connectivity index (χ2n) is 6.52. The van der Waals surface area contributed by atoms with Gasteiger partial charge in [0.1, 0.15) is 11.5 Å².